The second-order valence-corrected chi connectivity index (χ2v) is 6.95. The lowest BCUT2D eigenvalue weighted by Gasteiger charge is -2.20. The lowest BCUT2D eigenvalue weighted by atomic mass is 10.2. The van der Waals surface area contributed by atoms with E-state index in [-0.39, 0.29) is 11.3 Å². The van der Waals surface area contributed by atoms with Crippen molar-refractivity contribution in [1.82, 2.24) is 5.32 Å². The molecule has 0 fully saturated rings. The highest BCUT2D eigenvalue weighted by Gasteiger charge is 2.20. The third-order valence-electron chi connectivity index (χ3n) is 2.88. The second-order valence-electron chi connectivity index (χ2n) is 4.32. The largest absolute Gasteiger partial charge is 0.313 e. The molecule has 0 amide bonds. The van der Waals surface area contributed by atoms with Crippen molar-refractivity contribution in [2.24, 2.45) is 0 Å². The van der Waals surface area contributed by atoms with Crippen LogP contribution in [-0.4, -0.2) is 22.0 Å². The molecule has 0 aliphatic heterocycles. The minimum atomic E-state index is -1.09. The van der Waals surface area contributed by atoms with Gasteiger partial charge >= 0.3 is 0 Å². The van der Waals surface area contributed by atoms with E-state index in [0.717, 1.165) is 17.9 Å². The van der Waals surface area contributed by atoms with Crippen LogP contribution in [0.5, 0.6) is 0 Å². The summed E-state index contributed by atoms with van der Waals surface area (Å²) in [5.41, 5.74) is 0. The molecule has 3 unspecified atom stereocenters. The summed E-state index contributed by atoms with van der Waals surface area (Å²) >= 11 is 11.8. The van der Waals surface area contributed by atoms with Crippen molar-refractivity contribution in [3.8, 4) is 0 Å². The predicted molar refractivity (Wildman–Crippen MR) is 80.1 cm³/mol. The van der Waals surface area contributed by atoms with Crippen LogP contribution < -0.4 is 5.32 Å². The third-order valence-corrected chi connectivity index (χ3v) is 5.42. The summed E-state index contributed by atoms with van der Waals surface area (Å²) in [6, 6.07) is 5.34. The summed E-state index contributed by atoms with van der Waals surface area (Å²) in [7, 11) is -1.09. The van der Waals surface area contributed by atoms with E-state index in [1.165, 1.54) is 0 Å². The van der Waals surface area contributed by atoms with E-state index >= 15 is 0 Å². The van der Waals surface area contributed by atoms with E-state index < -0.39 is 10.8 Å². The van der Waals surface area contributed by atoms with E-state index in [1.807, 2.05) is 6.92 Å². The van der Waals surface area contributed by atoms with E-state index in [2.05, 4.69) is 19.2 Å². The van der Waals surface area contributed by atoms with Gasteiger partial charge in [0.2, 0.25) is 0 Å². The van der Waals surface area contributed by atoms with Gasteiger partial charge in [-0.15, -0.1) is 0 Å². The number of halogens is 2. The number of benzene rings is 1. The SMILES string of the molecule is CCCNC(C)C(C)S(=O)c1ccc(Cl)c(Cl)c1. The Morgan fingerprint density at radius 2 is 1.94 bits per heavy atom. The Hall–Kier alpha value is -0.0900. The van der Waals surface area contributed by atoms with Crippen LogP contribution >= 0.6 is 23.2 Å². The Morgan fingerprint density at radius 1 is 1.28 bits per heavy atom. The van der Waals surface area contributed by atoms with Crippen molar-refractivity contribution in [2.75, 3.05) is 6.54 Å². The number of hydrogen-bond acceptors (Lipinski definition) is 2. The molecule has 0 aliphatic carbocycles. The molecule has 0 heterocycles. The molecule has 0 saturated carbocycles. The van der Waals surface area contributed by atoms with E-state index in [4.69, 9.17) is 23.2 Å². The monoisotopic (exact) mass is 307 g/mol. The fourth-order valence-corrected chi connectivity index (χ4v) is 3.24. The van der Waals surface area contributed by atoms with Gasteiger partial charge < -0.3 is 5.32 Å². The molecule has 2 nitrogen and oxygen atoms in total. The van der Waals surface area contributed by atoms with E-state index in [0.29, 0.717) is 10.0 Å². The first kappa shape index (κ1) is 16.0. The van der Waals surface area contributed by atoms with Crippen molar-refractivity contribution in [1.29, 1.82) is 0 Å². The molecule has 0 aliphatic rings. The molecule has 102 valence electrons. The highest BCUT2D eigenvalue weighted by Crippen LogP contribution is 2.25. The van der Waals surface area contributed by atoms with Gasteiger partial charge in [-0.25, -0.2) is 0 Å². The second kappa shape index (κ2) is 7.49. The van der Waals surface area contributed by atoms with Crippen LogP contribution in [0.4, 0.5) is 0 Å². The average Bonchev–Trinajstić information content (AvgIpc) is 2.37. The zero-order valence-electron chi connectivity index (χ0n) is 10.9. The van der Waals surface area contributed by atoms with Gasteiger partial charge in [-0.3, -0.25) is 4.21 Å². The van der Waals surface area contributed by atoms with Crippen molar-refractivity contribution >= 4 is 34.0 Å². The van der Waals surface area contributed by atoms with Gasteiger partial charge in [0.05, 0.1) is 26.1 Å². The Bertz CT molecular complexity index is 425. The van der Waals surface area contributed by atoms with E-state index in [9.17, 15) is 4.21 Å². The predicted octanol–water partition coefficient (Wildman–Crippen LogP) is 3.88. The molecule has 0 bridgehead atoms. The zero-order valence-corrected chi connectivity index (χ0v) is 13.2. The van der Waals surface area contributed by atoms with Gasteiger partial charge in [0.1, 0.15) is 0 Å². The highest BCUT2D eigenvalue weighted by molar-refractivity contribution is 7.85. The number of rotatable bonds is 6. The quantitative estimate of drug-likeness (QED) is 0.864. The summed E-state index contributed by atoms with van der Waals surface area (Å²) in [5, 5.41) is 4.31. The molecule has 0 saturated heterocycles. The van der Waals surface area contributed by atoms with Crippen LogP contribution in [0.3, 0.4) is 0 Å². The lowest BCUT2D eigenvalue weighted by Crippen LogP contribution is -2.38. The normalized spacial score (nSPS) is 16.3. The van der Waals surface area contributed by atoms with E-state index in [1.54, 1.807) is 18.2 Å². The van der Waals surface area contributed by atoms with Crippen LogP contribution in [0.1, 0.15) is 27.2 Å². The molecule has 0 aromatic heterocycles. The smallest absolute Gasteiger partial charge is 0.0604 e. The summed E-state index contributed by atoms with van der Waals surface area (Å²) < 4.78 is 12.4. The van der Waals surface area contributed by atoms with Gasteiger partial charge in [-0.1, -0.05) is 30.1 Å². The molecule has 0 spiro atoms. The van der Waals surface area contributed by atoms with Crippen LogP contribution in [0.2, 0.25) is 10.0 Å². The van der Waals surface area contributed by atoms with Crippen molar-refractivity contribution in [3.05, 3.63) is 28.2 Å². The third kappa shape index (κ3) is 4.23. The molecule has 1 N–H and O–H groups in total. The first-order valence-electron chi connectivity index (χ1n) is 6.06. The molecule has 1 aromatic carbocycles. The summed E-state index contributed by atoms with van der Waals surface area (Å²) in [6.45, 7) is 7.08. The summed E-state index contributed by atoms with van der Waals surface area (Å²) in [6.07, 6.45) is 1.07. The first-order valence-corrected chi connectivity index (χ1v) is 8.03. The van der Waals surface area contributed by atoms with Crippen LogP contribution in [-0.2, 0) is 10.8 Å². The Balaban J connectivity index is 2.76. The highest BCUT2D eigenvalue weighted by atomic mass is 35.5. The topological polar surface area (TPSA) is 29.1 Å². The van der Waals surface area contributed by atoms with Crippen molar-refractivity contribution < 1.29 is 4.21 Å². The summed E-state index contributed by atoms with van der Waals surface area (Å²) in [5.74, 6) is 0. The fourth-order valence-electron chi connectivity index (χ4n) is 1.54. The number of hydrogen-bond donors (Lipinski definition) is 1. The zero-order chi connectivity index (χ0) is 13.7. The Kier molecular flexibility index (Phi) is 6.64. The standard InChI is InChI=1S/C13H19Cl2NOS/c1-4-7-16-9(2)10(3)18(17)11-5-6-12(14)13(15)8-11/h5-6,8-10,16H,4,7H2,1-3H3. The van der Waals surface area contributed by atoms with Crippen LogP contribution in [0, 0.1) is 0 Å². The van der Waals surface area contributed by atoms with Gasteiger partial charge in [0.25, 0.3) is 0 Å². The summed E-state index contributed by atoms with van der Waals surface area (Å²) in [4.78, 5) is 0.724. The maximum atomic E-state index is 12.4. The average molecular weight is 308 g/mol. The van der Waals surface area contributed by atoms with Gasteiger partial charge in [0.15, 0.2) is 0 Å². The van der Waals surface area contributed by atoms with Gasteiger partial charge in [-0.05, 0) is 45.0 Å². The molecular weight excluding hydrogens is 289 g/mol. The molecule has 0 radical (unpaired) electrons. The molecular formula is C13H19Cl2NOS. The maximum Gasteiger partial charge on any atom is 0.0604 e. The van der Waals surface area contributed by atoms with Crippen molar-refractivity contribution in [3.63, 3.8) is 0 Å². The van der Waals surface area contributed by atoms with Crippen LogP contribution in [0.25, 0.3) is 0 Å². The van der Waals surface area contributed by atoms with Crippen LogP contribution in [0.15, 0.2) is 23.1 Å². The molecule has 18 heavy (non-hydrogen) atoms. The molecule has 5 heteroatoms. The Labute approximate surface area is 122 Å². The first-order chi connectivity index (χ1) is 8.47. The fraction of sp³-hybridized carbons (Fsp3) is 0.538. The lowest BCUT2D eigenvalue weighted by molar-refractivity contribution is 0.531. The molecule has 1 rings (SSSR count). The van der Waals surface area contributed by atoms with Crippen molar-refractivity contribution in [2.45, 2.75) is 43.4 Å². The minimum absolute atomic E-state index is 0.0220. The maximum absolute atomic E-state index is 12.4. The molecule has 3 atom stereocenters. The molecule has 1 aromatic rings. The Morgan fingerprint density at radius 3 is 2.50 bits per heavy atom. The van der Waals surface area contributed by atoms with Gasteiger partial charge in [-0.2, -0.15) is 0 Å². The van der Waals surface area contributed by atoms with Gasteiger partial charge in [0, 0.05) is 10.9 Å². The number of nitrogens with one attached hydrogen (secondary N) is 1. The minimum Gasteiger partial charge on any atom is -0.313 e.